The van der Waals surface area contributed by atoms with E-state index in [4.69, 9.17) is 0 Å². The second-order valence-corrected chi connectivity index (χ2v) is 7.00. The highest BCUT2D eigenvalue weighted by molar-refractivity contribution is 7.12. The van der Waals surface area contributed by atoms with Crippen molar-refractivity contribution in [3.8, 4) is 0 Å². The summed E-state index contributed by atoms with van der Waals surface area (Å²) in [7, 11) is 2.04. The molecule has 1 heterocycles. The highest BCUT2D eigenvalue weighted by atomic mass is 32.1. The molecule has 0 aliphatic heterocycles. The number of hydrogen-bond donors (Lipinski definition) is 1. The Morgan fingerprint density at radius 3 is 2.52 bits per heavy atom. The van der Waals surface area contributed by atoms with Crippen LogP contribution in [0.1, 0.15) is 29.2 Å². The van der Waals surface area contributed by atoms with Crippen molar-refractivity contribution in [2.24, 2.45) is 0 Å². The molecule has 1 aromatic carbocycles. The molecule has 0 aliphatic carbocycles. The normalized spacial score (nSPS) is 11.1. The molecule has 0 unspecified atom stereocenters. The summed E-state index contributed by atoms with van der Waals surface area (Å²) in [4.78, 5) is 4.86. The molecule has 114 valence electrons. The highest BCUT2D eigenvalue weighted by Crippen LogP contribution is 2.24. The zero-order chi connectivity index (χ0) is 15.4. The standard InChI is InChI=1S/C17H23FN2S/c1-12(2)19-10-17-9-14(13(3)21-17)11-20(4)16-7-5-15(18)6-8-16/h5-9,12,19H,10-11H2,1-4H3. The lowest BCUT2D eigenvalue weighted by molar-refractivity contribution is 0.593. The Morgan fingerprint density at radius 2 is 1.90 bits per heavy atom. The fourth-order valence-corrected chi connectivity index (χ4v) is 3.18. The Morgan fingerprint density at radius 1 is 1.24 bits per heavy atom. The van der Waals surface area contributed by atoms with Gasteiger partial charge in [0.1, 0.15) is 5.82 Å². The molecule has 1 N–H and O–H groups in total. The largest absolute Gasteiger partial charge is 0.370 e. The molecule has 0 amide bonds. The lowest BCUT2D eigenvalue weighted by Crippen LogP contribution is -2.21. The van der Waals surface area contributed by atoms with Crippen molar-refractivity contribution < 1.29 is 4.39 Å². The van der Waals surface area contributed by atoms with Crippen molar-refractivity contribution in [1.29, 1.82) is 0 Å². The zero-order valence-electron chi connectivity index (χ0n) is 13.1. The molecule has 2 nitrogen and oxygen atoms in total. The van der Waals surface area contributed by atoms with Crippen LogP contribution in [0, 0.1) is 12.7 Å². The van der Waals surface area contributed by atoms with Gasteiger partial charge in [0.2, 0.25) is 0 Å². The third-order valence-electron chi connectivity index (χ3n) is 3.43. The number of thiophene rings is 1. The third-order valence-corrected chi connectivity index (χ3v) is 4.52. The van der Waals surface area contributed by atoms with Crippen molar-refractivity contribution >= 4 is 17.0 Å². The Bertz CT molecular complexity index is 575. The summed E-state index contributed by atoms with van der Waals surface area (Å²) in [5.74, 6) is -0.194. The Kier molecular flexibility index (Phi) is 5.37. The predicted molar refractivity (Wildman–Crippen MR) is 89.5 cm³/mol. The average molecular weight is 306 g/mol. The first kappa shape index (κ1) is 16.0. The topological polar surface area (TPSA) is 15.3 Å². The minimum Gasteiger partial charge on any atom is -0.370 e. The number of hydrogen-bond acceptors (Lipinski definition) is 3. The number of halogens is 1. The minimum absolute atomic E-state index is 0.194. The maximum Gasteiger partial charge on any atom is 0.123 e. The van der Waals surface area contributed by atoms with Gasteiger partial charge >= 0.3 is 0 Å². The quantitative estimate of drug-likeness (QED) is 0.854. The monoisotopic (exact) mass is 306 g/mol. The summed E-state index contributed by atoms with van der Waals surface area (Å²) in [6.45, 7) is 8.24. The van der Waals surface area contributed by atoms with Gasteiger partial charge in [-0.3, -0.25) is 0 Å². The fourth-order valence-electron chi connectivity index (χ4n) is 2.18. The predicted octanol–water partition coefficient (Wildman–Crippen LogP) is 4.33. The van der Waals surface area contributed by atoms with Crippen molar-refractivity contribution in [2.45, 2.75) is 39.9 Å². The van der Waals surface area contributed by atoms with Gasteiger partial charge in [0.15, 0.2) is 0 Å². The van der Waals surface area contributed by atoms with Crippen LogP contribution < -0.4 is 10.2 Å². The number of anilines is 1. The van der Waals surface area contributed by atoms with Gasteiger partial charge in [0, 0.05) is 41.6 Å². The molecule has 0 saturated carbocycles. The molecule has 0 aliphatic rings. The molecule has 0 radical (unpaired) electrons. The van der Waals surface area contributed by atoms with Crippen LogP contribution in [0.3, 0.4) is 0 Å². The summed E-state index contributed by atoms with van der Waals surface area (Å²) in [6, 6.07) is 9.42. The molecule has 21 heavy (non-hydrogen) atoms. The third kappa shape index (κ3) is 4.55. The van der Waals surface area contributed by atoms with Gasteiger partial charge in [-0.1, -0.05) is 13.8 Å². The SMILES string of the molecule is Cc1sc(CNC(C)C)cc1CN(C)c1ccc(F)cc1. The van der Waals surface area contributed by atoms with E-state index in [9.17, 15) is 4.39 Å². The van der Waals surface area contributed by atoms with Gasteiger partial charge in [-0.2, -0.15) is 0 Å². The number of benzene rings is 1. The van der Waals surface area contributed by atoms with E-state index >= 15 is 0 Å². The van der Waals surface area contributed by atoms with Crippen LogP contribution in [-0.2, 0) is 13.1 Å². The molecule has 0 fully saturated rings. The Balaban J connectivity index is 2.03. The van der Waals surface area contributed by atoms with E-state index in [-0.39, 0.29) is 5.82 Å². The van der Waals surface area contributed by atoms with Gasteiger partial charge in [0.05, 0.1) is 0 Å². The highest BCUT2D eigenvalue weighted by Gasteiger charge is 2.09. The first-order chi connectivity index (χ1) is 9.95. The number of nitrogens with one attached hydrogen (secondary N) is 1. The molecule has 0 spiro atoms. The lowest BCUT2D eigenvalue weighted by Gasteiger charge is -2.19. The van der Waals surface area contributed by atoms with E-state index in [0.717, 1.165) is 18.8 Å². The van der Waals surface area contributed by atoms with Crippen molar-refractivity contribution in [3.63, 3.8) is 0 Å². The summed E-state index contributed by atoms with van der Waals surface area (Å²) in [5.41, 5.74) is 2.37. The van der Waals surface area contributed by atoms with Gasteiger partial charge in [-0.05, 0) is 42.8 Å². The molecular formula is C17H23FN2S. The second-order valence-electron chi connectivity index (χ2n) is 5.66. The lowest BCUT2D eigenvalue weighted by atomic mass is 10.2. The summed E-state index contributed by atoms with van der Waals surface area (Å²) in [5, 5.41) is 3.45. The van der Waals surface area contributed by atoms with Crippen LogP contribution in [0.4, 0.5) is 10.1 Å². The van der Waals surface area contributed by atoms with E-state index in [1.165, 1.54) is 27.5 Å². The molecular weight excluding hydrogens is 283 g/mol. The van der Waals surface area contributed by atoms with Gasteiger partial charge in [0.25, 0.3) is 0 Å². The maximum absolute atomic E-state index is 13.0. The van der Waals surface area contributed by atoms with Crippen LogP contribution in [0.15, 0.2) is 30.3 Å². The average Bonchev–Trinajstić information content (AvgIpc) is 2.78. The maximum atomic E-state index is 13.0. The van der Waals surface area contributed by atoms with Gasteiger partial charge in [-0.15, -0.1) is 11.3 Å². The van der Waals surface area contributed by atoms with E-state index in [2.05, 4.69) is 37.1 Å². The van der Waals surface area contributed by atoms with Gasteiger partial charge in [-0.25, -0.2) is 4.39 Å². The summed E-state index contributed by atoms with van der Waals surface area (Å²) in [6.07, 6.45) is 0. The van der Waals surface area contributed by atoms with Crippen LogP contribution in [0.25, 0.3) is 0 Å². The molecule has 4 heteroatoms. The molecule has 0 atom stereocenters. The first-order valence-electron chi connectivity index (χ1n) is 7.24. The van der Waals surface area contributed by atoms with Crippen LogP contribution in [-0.4, -0.2) is 13.1 Å². The number of aryl methyl sites for hydroxylation is 1. The van der Waals surface area contributed by atoms with E-state index in [1.54, 1.807) is 0 Å². The number of rotatable bonds is 6. The van der Waals surface area contributed by atoms with E-state index in [1.807, 2.05) is 30.5 Å². The summed E-state index contributed by atoms with van der Waals surface area (Å²) < 4.78 is 13.0. The Hall–Kier alpha value is -1.39. The molecule has 0 bridgehead atoms. The zero-order valence-corrected chi connectivity index (χ0v) is 13.9. The van der Waals surface area contributed by atoms with Gasteiger partial charge < -0.3 is 10.2 Å². The fraction of sp³-hybridized carbons (Fsp3) is 0.412. The Labute approximate surface area is 130 Å². The molecule has 2 rings (SSSR count). The van der Waals surface area contributed by atoms with Crippen molar-refractivity contribution in [2.75, 3.05) is 11.9 Å². The minimum atomic E-state index is -0.194. The van der Waals surface area contributed by atoms with E-state index in [0.29, 0.717) is 6.04 Å². The second kappa shape index (κ2) is 7.05. The van der Waals surface area contributed by atoms with Crippen LogP contribution in [0.5, 0.6) is 0 Å². The number of nitrogens with zero attached hydrogens (tertiary/aromatic N) is 1. The van der Waals surface area contributed by atoms with Crippen molar-refractivity contribution in [3.05, 3.63) is 51.5 Å². The summed E-state index contributed by atoms with van der Waals surface area (Å²) >= 11 is 1.85. The molecule has 0 saturated heterocycles. The smallest absolute Gasteiger partial charge is 0.123 e. The van der Waals surface area contributed by atoms with E-state index < -0.39 is 0 Å². The first-order valence-corrected chi connectivity index (χ1v) is 8.05. The van der Waals surface area contributed by atoms with Crippen molar-refractivity contribution in [1.82, 2.24) is 5.32 Å². The van der Waals surface area contributed by atoms with Crippen LogP contribution in [0.2, 0.25) is 0 Å². The molecule has 2 aromatic rings. The molecule has 1 aromatic heterocycles. The van der Waals surface area contributed by atoms with Crippen LogP contribution >= 0.6 is 11.3 Å².